The second-order valence-corrected chi connectivity index (χ2v) is 7.12. The molecule has 29 heavy (non-hydrogen) atoms. The zero-order valence-electron chi connectivity index (χ0n) is 15.6. The van der Waals surface area contributed by atoms with Gasteiger partial charge in [0.25, 0.3) is 11.8 Å². The van der Waals surface area contributed by atoms with Crippen molar-refractivity contribution in [3.8, 4) is 0 Å². The molecule has 3 rings (SSSR count). The average Bonchev–Trinajstić information content (AvgIpc) is 2.93. The maximum atomic E-state index is 12.7. The number of nitrogens with one attached hydrogen (secondary N) is 1. The second-order valence-electron chi connectivity index (χ2n) is 6.30. The zero-order valence-corrected chi connectivity index (χ0v) is 17.1. The summed E-state index contributed by atoms with van der Waals surface area (Å²) in [6.07, 6.45) is 1.74. The summed E-state index contributed by atoms with van der Waals surface area (Å²) in [6, 6.07) is 12.6. The highest BCUT2D eigenvalue weighted by atomic mass is 35.5. The number of hydrogen-bond donors (Lipinski definition) is 1. The average molecular weight is 433 g/mol. The lowest BCUT2D eigenvalue weighted by Gasteiger charge is -2.15. The van der Waals surface area contributed by atoms with E-state index in [0.29, 0.717) is 28.6 Å². The summed E-state index contributed by atoms with van der Waals surface area (Å²) in [5.41, 5.74) is 1.22. The number of anilines is 2. The van der Waals surface area contributed by atoms with E-state index in [0.717, 1.165) is 17.7 Å². The molecule has 8 heteroatoms. The first kappa shape index (κ1) is 20.9. The lowest BCUT2D eigenvalue weighted by atomic mass is 10.2. The highest BCUT2D eigenvalue weighted by molar-refractivity contribution is 6.53. The van der Waals surface area contributed by atoms with E-state index < -0.39 is 17.8 Å². The molecule has 1 aliphatic rings. The Balaban J connectivity index is 1.72. The van der Waals surface area contributed by atoms with Gasteiger partial charge in [0, 0.05) is 10.7 Å². The number of unbranched alkanes of at least 4 members (excludes halogenated alkanes) is 1. The van der Waals surface area contributed by atoms with Gasteiger partial charge in [0.15, 0.2) is 0 Å². The van der Waals surface area contributed by atoms with Crippen LogP contribution in [0.1, 0.15) is 30.1 Å². The molecule has 0 aromatic heterocycles. The lowest BCUT2D eigenvalue weighted by molar-refractivity contribution is -0.120. The van der Waals surface area contributed by atoms with Crippen LogP contribution in [0.4, 0.5) is 11.4 Å². The molecule has 6 nitrogen and oxygen atoms in total. The highest BCUT2D eigenvalue weighted by Gasteiger charge is 2.38. The number of carbonyl (C=O) groups excluding carboxylic acids is 3. The molecule has 0 bridgehead atoms. The molecule has 0 saturated carbocycles. The zero-order chi connectivity index (χ0) is 21.0. The summed E-state index contributed by atoms with van der Waals surface area (Å²) in [6.45, 7) is 2.38. The van der Waals surface area contributed by atoms with Gasteiger partial charge in [0.2, 0.25) is 0 Å². The Morgan fingerprint density at radius 1 is 1.00 bits per heavy atom. The minimum absolute atomic E-state index is 0.0371. The van der Waals surface area contributed by atoms with Crippen molar-refractivity contribution in [2.45, 2.75) is 19.8 Å². The van der Waals surface area contributed by atoms with Crippen LogP contribution in [0, 0.1) is 0 Å². The maximum Gasteiger partial charge on any atom is 0.338 e. The fraction of sp³-hybridized carbons (Fsp3) is 0.190. The van der Waals surface area contributed by atoms with Gasteiger partial charge in [-0.25, -0.2) is 9.69 Å². The summed E-state index contributed by atoms with van der Waals surface area (Å²) < 4.78 is 5.16. The predicted molar refractivity (Wildman–Crippen MR) is 112 cm³/mol. The number of ether oxygens (including phenoxy) is 1. The number of hydrogen-bond acceptors (Lipinski definition) is 5. The Morgan fingerprint density at radius 3 is 2.28 bits per heavy atom. The number of benzene rings is 2. The molecule has 0 atom stereocenters. The van der Waals surface area contributed by atoms with E-state index in [4.69, 9.17) is 27.9 Å². The third-order valence-corrected chi connectivity index (χ3v) is 4.84. The monoisotopic (exact) mass is 432 g/mol. The molecule has 2 amide bonds. The Kier molecular flexibility index (Phi) is 6.56. The van der Waals surface area contributed by atoms with Gasteiger partial charge < -0.3 is 10.1 Å². The molecule has 150 valence electrons. The Bertz CT molecular complexity index is 969. The molecular weight excluding hydrogens is 415 g/mol. The third kappa shape index (κ3) is 4.60. The molecule has 2 aromatic rings. The molecule has 0 spiro atoms. The number of esters is 1. The molecule has 1 heterocycles. The van der Waals surface area contributed by atoms with Crippen LogP contribution in [-0.2, 0) is 14.3 Å². The van der Waals surface area contributed by atoms with E-state index in [1.165, 1.54) is 0 Å². The topological polar surface area (TPSA) is 75.7 Å². The van der Waals surface area contributed by atoms with Crippen LogP contribution in [-0.4, -0.2) is 24.4 Å². The van der Waals surface area contributed by atoms with E-state index in [1.54, 1.807) is 48.5 Å². The van der Waals surface area contributed by atoms with Crippen LogP contribution in [0.3, 0.4) is 0 Å². The molecular formula is C21H18Cl2N2O4. The molecule has 0 aliphatic carbocycles. The normalized spacial score (nSPS) is 13.8. The predicted octanol–water partition coefficient (Wildman–Crippen LogP) is 4.73. The van der Waals surface area contributed by atoms with Crippen LogP contribution < -0.4 is 10.2 Å². The minimum atomic E-state index is -0.627. The van der Waals surface area contributed by atoms with Crippen molar-refractivity contribution in [3.63, 3.8) is 0 Å². The summed E-state index contributed by atoms with van der Waals surface area (Å²) in [5, 5.41) is 3.13. The Labute approximate surface area is 178 Å². The quantitative estimate of drug-likeness (QED) is 0.388. The fourth-order valence-corrected chi connectivity index (χ4v) is 3.00. The van der Waals surface area contributed by atoms with E-state index in [1.807, 2.05) is 6.92 Å². The van der Waals surface area contributed by atoms with Crippen molar-refractivity contribution in [2.75, 3.05) is 16.8 Å². The molecule has 1 aliphatic heterocycles. The summed E-state index contributed by atoms with van der Waals surface area (Å²) in [5.74, 6) is -1.62. The van der Waals surface area contributed by atoms with Gasteiger partial charge >= 0.3 is 5.97 Å². The van der Waals surface area contributed by atoms with Crippen molar-refractivity contribution in [1.29, 1.82) is 0 Å². The smallest absolute Gasteiger partial charge is 0.338 e. The molecule has 2 aromatic carbocycles. The van der Waals surface area contributed by atoms with Crippen LogP contribution in [0.2, 0.25) is 5.02 Å². The van der Waals surface area contributed by atoms with Crippen LogP contribution in [0.15, 0.2) is 59.3 Å². The number of nitrogens with zero attached hydrogens (tertiary/aromatic N) is 1. The van der Waals surface area contributed by atoms with Gasteiger partial charge in [0.1, 0.15) is 10.7 Å². The standard InChI is InChI=1S/C21H18Cl2N2O4/c1-2-3-12-29-21(28)13-4-8-15(9-5-13)24-18-17(23)19(26)25(20(18)27)16-10-6-14(22)7-11-16/h4-11,24H,2-3,12H2,1H3. The van der Waals surface area contributed by atoms with Crippen LogP contribution in [0.25, 0.3) is 0 Å². The number of carbonyl (C=O) groups is 3. The minimum Gasteiger partial charge on any atom is -0.462 e. The first-order chi connectivity index (χ1) is 13.9. The number of imide groups is 1. The maximum absolute atomic E-state index is 12.7. The van der Waals surface area contributed by atoms with Crippen LogP contribution in [0.5, 0.6) is 0 Å². The van der Waals surface area contributed by atoms with Crippen LogP contribution >= 0.6 is 23.2 Å². The van der Waals surface area contributed by atoms with Gasteiger partial charge in [-0.15, -0.1) is 0 Å². The highest BCUT2D eigenvalue weighted by Crippen LogP contribution is 2.30. The number of rotatable bonds is 7. The summed E-state index contributed by atoms with van der Waals surface area (Å²) in [7, 11) is 0. The molecule has 0 radical (unpaired) electrons. The van der Waals surface area contributed by atoms with E-state index >= 15 is 0 Å². The summed E-state index contributed by atoms with van der Waals surface area (Å²) >= 11 is 12.0. The molecule has 0 saturated heterocycles. The van der Waals surface area contributed by atoms with E-state index in [-0.39, 0.29) is 10.7 Å². The van der Waals surface area contributed by atoms with E-state index in [2.05, 4.69) is 5.32 Å². The first-order valence-electron chi connectivity index (χ1n) is 9.00. The SMILES string of the molecule is CCCCOC(=O)c1ccc(NC2=C(Cl)C(=O)N(c3ccc(Cl)cc3)C2=O)cc1. The third-order valence-electron chi connectivity index (χ3n) is 4.23. The van der Waals surface area contributed by atoms with Crippen molar-refractivity contribution in [1.82, 2.24) is 0 Å². The number of halogens is 2. The summed E-state index contributed by atoms with van der Waals surface area (Å²) in [4.78, 5) is 38.1. The van der Waals surface area contributed by atoms with Crippen molar-refractivity contribution < 1.29 is 19.1 Å². The van der Waals surface area contributed by atoms with Gasteiger partial charge in [-0.3, -0.25) is 9.59 Å². The van der Waals surface area contributed by atoms with Crippen molar-refractivity contribution in [2.24, 2.45) is 0 Å². The van der Waals surface area contributed by atoms with Gasteiger partial charge in [-0.05, 0) is 55.0 Å². The molecule has 0 unspecified atom stereocenters. The Morgan fingerprint density at radius 2 is 1.66 bits per heavy atom. The number of amides is 2. The van der Waals surface area contributed by atoms with Crippen molar-refractivity contribution in [3.05, 3.63) is 69.8 Å². The largest absolute Gasteiger partial charge is 0.462 e. The lowest BCUT2D eigenvalue weighted by Crippen LogP contribution is -2.32. The molecule has 1 N–H and O–H groups in total. The van der Waals surface area contributed by atoms with Crippen molar-refractivity contribution >= 4 is 52.4 Å². The fourth-order valence-electron chi connectivity index (χ4n) is 2.66. The van der Waals surface area contributed by atoms with Gasteiger partial charge in [-0.2, -0.15) is 0 Å². The first-order valence-corrected chi connectivity index (χ1v) is 9.76. The second kappa shape index (κ2) is 9.11. The van der Waals surface area contributed by atoms with E-state index in [9.17, 15) is 14.4 Å². The van der Waals surface area contributed by atoms with Gasteiger partial charge in [0.05, 0.1) is 17.9 Å². The Hall–Kier alpha value is -2.83. The molecule has 0 fully saturated rings. The van der Waals surface area contributed by atoms with Gasteiger partial charge in [-0.1, -0.05) is 36.5 Å².